The van der Waals surface area contributed by atoms with Crippen molar-refractivity contribution in [2.45, 2.75) is 13.0 Å². The number of carbonyl (C=O) groups excluding carboxylic acids is 1. The number of thioether (sulfide) groups is 1. The zero-order valence-electron chi connectivity index (χ0n) is 9.63. The van der Waals surface area contributed by atoms with E-state index in [0.29, 0.717) is 11.3 Å². The molecule has 5 heteroatoms. The average Bonchev–Trinajstić information content (AvgIpc) is 2.36. The maximum Gasteiger partial charge on any atom is 0.242 e. The van der Waals surface area contributed by atoms with Crippen LogP contribution in [0.1, 0.15) is 5.56 Å². The Balaban J connectivity index is 2.04. The van der Waals surface area contributed by atoms with Gasteiger partial charge in [-0.25, -0.2) is 4.39 Å². The second-order valence-electron chi connectivity index (χ2n) is 3.98. The zero-order valence-corrected chi connectivity index (χ0v) is 10.4. The van der Waals surface area contributed by atoms with Crippen LogP contribution in [0.25, 0.3) is 0 Å². The first kappa shape index (κ1) is 12.4. The fourth-order valence-corrected chi connectivity index (χ4v) is 2.63. The fourth-order valence-electron chi connectivity index (χ4n) is 1.70. The largest absolute Gasteiger partial charge is 0.324 e. The summed E-state index contributed by atoms with van der Waals surface area (Å²) in [5.74, 6) is 1.41. The molecule has 1 heterocycles. The van der Waals surface area contributed by atoms with Crippen molar-refractivity contribution in [2.75, 3.05) is 23.4 Å². The number of hydrogen-bond acceptors (Lipinski definition) is 3. The van der Waals surface area contributed by atoms with Gasteiger partial charge in [-0.3, -0.25) is 4.79 Å². The molecular formula is C12H15FN2OS. The van der Waals surface area contributed by atoms with Gasteiger partial charge < -0.3 is 10.6 Å². The first-order valence-corrected chi connectivity index (χ1v) is 6.71. The topological polar surface area (TPSA) is 41.1 Å². The lowest BCUT2D eigenvalue weighted by atomic mass is 10.2. The monoisotopic (exact) mass is 254 g/mol. The summed E-state index contributed by atoms with van der Waals surface area (Å²) in [4.78, 5) is 11.9. The molecule has 2 rings (SSSR count). The molecule has 0 radical (unpaired) electrons. The molecule has 1 aromatic carbocycles. The molecule has 0 saturated carbocycles. The summed E-state index contributed by atoms with van der Waals surface area (Å²) in [5, 5.41) is 5.91. The Labute approximate surface area is 104 Å². The molecule has 3 nitrogen and oxygen atoms in total. The van der Waals surface area contributed by atoms with E-state index in [1.807, 2.05) is 0 Å². The molecule has 0 aromatic heterocycles. The average molecular weight is 254 g/mol. The summed E-state index contributed by atoms with van der Waals surface area (Å²) >= 11 is 1.75. The number of carbonyl (C=O) groups is 1. The highest BCUT2D eigenvalue weighted by Gasteiger charge is 2.21. The molecule has 17 heavy (non-hydrogen) atoms. The van der Waals surface area contributed by atoms with Gasteiger partial charge in [-0.2, -0.15) is 11.8 Å². The zero-order chi connectivity index (χ0) is 12.3. The van der Waals surface area contributed by atoms with Crippen molar-refractivity contribution >= 4 is 23.4 Å². The van der Waals surface area contributed by atoms with E-state index in [0.717, 1.165) is 18.1 Å². The first-order valence-electron chi connectivity index (χ1n) is 5.55. The van der Waals surface area contributed by atoms with Crippen LogP contribution in [0.15, 0.2) is 18.2 Å². The molecule has 1 aliphatic heterocycles. The van der Waals surface area contributed by atoms with Crippen LogP contribution in [0.3, 0.4) is 0 Å². The molecule has 0 bridgehead atoms. The van der Waals surface area contributed by atoms with E-state index >= 15 is 0 Å². The Morgan fingerprint density at radius 3 is 3.12 bits per heavy atom. The number of rotatable bonds is 2. The van der Waals surface area contributed by atoms with Crippen LogP contribution in [-0.2, 0) is 4.79 Å². The summed E-state index contributed by atoms with van der Waals surface area (Å²) in [6.07, 6.45) is 0. The van der Waals surface area contributed by atoms with Gasteiger partial charge in [0.15, 0.2) is 0 Å². The van der Waals surface area contributed by atoms with Crippen LogP contribution in [0, 0.1) is 12.7 Å². The van der Waals surface area contributed by atoms with E-state index in [1.54, 1.807) is 30.8 Å². The van der Waals surface area contributed by atoms with E-state index in [1.165, 1.54) is 6.07 Å². The van der Waals surface area contributed by atoms with Crippen LogP contribution in [0.2, 0.25) is 0 Å². The maximum atomic E-state index is 13.3. The van der Waals surface area contributed by atoms with Gasteiger partial charge in [0.1, 0.15) is 5.82 Å². The number of amides is 1. The van der Waals surface area contributed by atoms with Crippen molar-refractivity contribution < 1.29 is 9.18 Å². The summed E-state index contributed by atoms with van der Waals surface area (Å²) < 4.78 is 13.3. The highest BCUT2D eigenvalue weighted by atomic mass is 32.2. The van der Waals surface area contributed by atoms with Crippen LogP contribution >= 0.6 is 11.8 Å². The van der Waals surface area contributed by atoms with Gasteiger partial charge in [-0.1, -0.05) is 6.07 Å². The molecule has 92 valence electrons. The van der Waals surface area contributed by atoms with Crippen LogP contribution in [-0.4, -0.2) is 30.0 Å². The fraction of sp³-hybridized carbons (Fsp3) is 0.417. The van der Waals surface area contributed by atoms with Crippen molar-refractivity contribution in [2.24, 2.45) is 0 Å². The molecule has 1 saturated heterocycles. The van der Waals surface area contributed by atoms with E-state index in [9.17, 15) is 9.18 Å². The van der Waals surface area contributed by atoms with Crippen molar-refractivity contribution in [3.63, 3.8) is 0 Å². The van der Waals surface area contributed by atoms with Gasteiger partial charge in [0.05, 0.1) is 6.04 Å². The highest BCUT2D eigenvalue weighted by molar-refractivity contribution is 7.99. The molecule has 0 aliphatic carbocycles. The predicted octanol–water partition coefficient (Wildman–Crippen LogP) is 1.78. The van der Waals surface area contributed by atoms with Gasteiger partial charge in [0.25, 0.3) is 0 Å². The molecule has 1 fully saturated rings. The lowest BCUT2D eigenvalue weighted by Crippen LogP contribution is -2.46. The van der Waals surface area contributed by atoms with Gasteiger partial charge in [-0.15, -0.1) is 0 Å². The number of benzene rings is 1. The van der Waals surface area contributed by atoms with Crippen molar-refractivity contribution in [1.82, 2.24) is 5.32 Å². The number of hydrogen-bond donors (Lipinski definition) is 2. The standard InChI is InChI=1S/C12H15FN2OS/c1-8-9(13)3-2-4-10(8)15-12(16)11-7-17-6-5-14-11/h2-4,11,14H,5-7H2,1H3,(H,15,16). The third-order valence-electron chi connectivity index (χ3n) is 2.76. The Bertz CT molecular complexity index is 419. The number of anilines is 1. The Morgan fingerprint density at radius 2 is 2.41 bits per heavy atom. The first-order chi connectivity index (χ1) is 8.18. The van der Waals surface area contributed by atoms with Crippen LogP contribution < -0.4 is 10.6 Å². The van der Waals surface area contributed by atoms with E-state index in [4.69, 9.17) is 0 Å². The Kier molecular flexibility index (Phi) is 4.02. The summed E-state index contributed by atoms with van der Waals surface area (Å²) in [6, 6.07) is 4.52. The maximum absolute atomic E-state index is 13.3. The third kappa shape index (κ3) is 2.98. The SMILES string of the molecule is Cc1c(F)cccc1NC(=O)C1CSCCN1. The minimum atomic E-state index is -0.297. The van der Waals surface area contributed by atoms with Crippen molar-refractivity contribution in [3.8, 4) is 0 Å². The molecule has 0 spiro atoms. The highest BCUT2D eigenvalue weighted by Crippen LogP contribution is 2.18. The quantitative estimate of drug-likeness (QED) is 0.845. The molecule has 1 atom stereocenters. The molecule has 1 aromatic rings. The molecule has 1 unspecified atom stereocenters. The van der Waals surface area contributed by atoms with Crippen molar-refractivity contribution in [3.05, 3.63) is 29.6 Å². The van der Waals surface area contributed by atoms with Gasteiger partial charge in [0, 0.05) is 29.3 Å². The smallest absolute Gasteiger partial charge is 0.242 e. The van der Waals surface area contributed by atoms with Crippen LogP contribution in [0.4, 0.5) is 10.1 Å². The number of halogens is 1. The van der Waals surface area contributed by atoms with E-state index < -0.39 is 0 Å². The summed E-state index contributed by atoms with van der Waals surface area (Å²) in [7, 11) is 0. The molecular weight excluding hydrogens is 239 g/mol. The Hall–Kier alpha value is -1.07. The summed E-state index contributed by atoms with van der Waals surface area (Å²) in [5.41, 5.74) is 1.02. The van der Waals surface area contributed by atoms with Gasteiger partial charge >= 0.3 is 0 Å². The van der Waals surface area contributed by atoms with Crippen LogP contribution in [0.5, 0.6) is 0 Å². The predicted molar refractivity (Wildman–Crippen MR) is 68.9 cm³/mol. The van der Waals surface area contributed by atoms with Crippen molar-refractivity contribution in [1.29, 1.82) is 0 Å². The molecule has 1 aliphatic rings. The lowest BCUT2D eigenvalue weighted by Gasteiger charge is -2.22. The third-order valence-corrected chi connectivity index (χ3v) is 3.83. The van der Waals surface area contributed by atoms with Gasteiger partial charge in [-0.05, 0) is 19.1 Å². The Morgan fingerprint density at radius 1 is 1.59 bits per heavy atom. The summed E-state index contributed by atoms with van der Waals surface area (Å²) in [6.45, 7) is 2.50. The van der Waals surface area contributed by atoms with E-state index in [-0.39, 0.29) is 17.8 Å². The lowest BCUT2D eigenvalue weighted by molar-refractivity contribution is -0.117. The molecule has 2 N–H and O–H groups in total. The minimum Gasteiger partial charge on any atom is -0.324 e. The number of nitrogens with one attached hydrogen (secondary N) is 2. The second kappa shape index (κ2) is 5.51. The second-order valence-corrected chi connectivity index (χ2v) is 5.13. The normalized spacial score (nSPS) is 20.0. The van der Waals surface area contributed by atoms with Gasteiger partial charge in [0.2, 0.25) is 5.91 Å². The molecule has 1 amide bonds. The minimum absolute atomic E-state index is 0.0918. The van der Waals surface area contributed by atoms with E-state index in [2.05, 4.69) is 10.6 Å².